The Kier molecular flexibility index (Phi) is 4.34. The number of aliphatic carboxylic acids is 1. The molecule has 3 rings (SSSR count). The Labute approximate surface area is 134 Å². The van der Waals surface area contributed by atoms with Crippen molar-refractivity contribution in [3.8, 4) is 0 Å². The van der Waals surface area contributed by atoms with Crippen molar-refractivity contribution in [2.24, 2.45) is 0 Å². The molecule has 0 aliphatic carbocycles. The van der Waals surface area contributed by atoms with Crippen LogP contribution in [0.25, 0.3) is 10.9 Å². The van der Waals surface area contributed by atoms with Crippen molar-refractivity contribution in [1.82, 2.24) is 9.88 Å². The number of carboxylic acids is 1. The van der Waals surface area contributed by atoms with Gasteiger partial charge in [-0.25, -0.2) is 4.79 Å². The van der Waals surface area contributed by atoms with Crippen LogP contribution in [0.15, 0.2) is 24.4 Å². The fourth-order valence-corrected chi connectivity index (χ4v) is 3.02. The molecule has 23 heavy (non-hydrogen) atoms. The number of nitrogens with zero attached hydrogens (tertiary/aromatic N) is 1. The molecule has 2 heterocycles. The monoisotopic (exact) mass is 316 g/mol. The van der Waals surface area contributed by atoms with Gasteiger partial charge in [-0.1, -0.05) is 25.1 Å². The van der Waals surface area contributed by atoms with Gasteiger partial charge in [-0.05, 0) is 17.5 Å². The van der Waals surface area contributed by atoms with Crippen molar-refractivity contribution in [3.05, 3.63) is 35.5 Å². The molecule has 1 aromatic heterocycles. The molecule has 1 saturated heterocycles. The lowest BCUT2D eigenvalue weighted by Crippen LogP contribution is -2.49. The molecule has 0 bridgehead atoms. The number of benzene rings is 1. The maximum atomic E-state index is 12.5. The number of para-hydroxylation sites is 1. The highest BCUT2D eigenvalue weighted by molar-refractivity contribution is 5.90. The molecule has 1 amide bonds. The average Bonchev–Trinajstić information content (AvgIpc) is 2.98. The molecule has 1 atom stereocenters. The van der Waals surface area contributed by atoms with Crippen molar-refractivity contribution in [2.45, 2.75) is 25.9 Å². The zero-order valence-electron chi connectivity index (χ0n) is 13.0. The third-order valence-electron chi connectivity index (χ3n) is 4.30. The topological polar surface area (TPSA) is 82.6 Å². The number of amides is 1. The summed E-state index contributed by atoms with van der Waals surface area (Å²) in [5.41, 5.74) is 3.24. The minimum atomic E-state index is -1.03. The predicted molar refractivity (Wildman–Crippen MR) is 85.3 cm³/mol. The summed E-state index contributed by atoms with van der Waals surface area (Å²) in [7, 11) is 0. The van der Waals surface area contributed by atoms with Crippen LogP contribution in [0.2, 0.25) is 0 Å². The Morgan fingerprint density at radius 3 is 2.96 bits per heavy atom. The number of aryl methyl sites for hydroxylation is 1. The number of hydrogen-bond donors (Lipinski definition) is 2. The number of hydrogen-bond acceptors (Lipinski definition) is 3. The summed E-state index contributed by atoms with van der Waals surface area (Å²) in [5, 5.41) is 10.1. The molecule has 1 aromatic carbocycles. The summed E-state index contributed by atoms with van der Waals surface area (Å²) in [4.78, 5) is 28.3. The fraction of sp³-hybridized carbons (Fsp3) is 0.412. The highest BCUT2D eigenvalue weighted by atomic mass is 16.5. The molecule has 2 aromatic rings. The largest absolute Gasteiger partial charge is 0.479 e. The number of carbonyl (C=O) groups excluding carboxylic acids is 1. The first-order valence-corrected chi connectivity index (χ1v) is 7.80. The summed E-state index contributed by atoms with van der Waals surface area (Å²) in [6.07, 6.45) is 2.13. The highest BCUT2D eigenvalue weighted by Gasteiger charge is 2.29. The van der Waals surface area contributed by atoms with Gasteiger partial charge in [0.15, 0.2) is 6.10 Å². The minimum absolute atomic E-state index is 0.0673. The van der Waals surface area contributed by atoms with Gasteiger partial charge in [-0.15, -0.1) is 0 Å². The van der Waals surface area contributed by atoms with Crippen molar-refractivity contribution in [3.63, 3.8) is 0 Å². The van der Waals surface area contributed by atoms with E-state index in [0.717, 1.165) is 22.9 Å². The van der Waals surface area contributed by atoms with Gasteiger partial charge in [0.05, 0.1) is 19.6 Å². The maximum absolute atomic E-state index is 12.5. The van der Waals surface area contributed by atoms with Crippen molar-refractivity contribution in [1.29, 1.82) is 0 Å². The van der Waals surface area contributed by atoms with E-state index in [4.69, 9.17) is 9.84 Å². The van der Waals surface area contributed by atoms with Crippen LogP contribution < -0.4 is 0 Å². The van der Waals surface area contributed by atoms with Gasteiger partial charge in [0.25, 0.3) is 0 Å². The molecular formula is C17H20N2O4. The average molecular weight is 316 g/mol. The Morgan fingerprint density at radius 1 is 1.39 bits per heavy atom. The van der Waals surface area contributed by atoms with Crippen LogP contribution in [-0.2, 0) is 27.2 Å². The Bertz CT molecular complexity index is 737. The first kappa shape index (κ1) is 15.6. The van der Waals surface area contributed by atoms with E-state index >= 15 is 0 Å². The second kappa shape index (κ2) is 6.42. The Hall–Kier alpha value is -2.34. The van der Waals surface area contributed by atoms with Crippen LogP contribution in [0.3, 0.4) is 0 Å². The molecular weight excluding hydrogens is 296 g/mol. The normalized spacial score (nSPS) is 18.3. The molecule has 2 N–H and O–H groups in total. The summed E-state index contributed by atoms with van der Waals surface area (Å²) in [5.74, 6) is -1.09. The van der Waals surface area contributed by atoms with Crippen molar-refractivity contribution >= 4 is 22.8 Å². The predicted octanol–water partition coefficient (Wildman–Crippen LogP) is 1.58. The van der Waals surface area contributed by atoms with E-state index in [1.165, 1.54) is 5.56 Å². The lowest BCUT2D eigenvalue weighted by molar-refractivity contribution is -0.159. The van der Waals surface area contributed by atoms with Crippen LogP contribution >= 0.6 is 0 Å². The van der Waals surface area contributed by atoms with Crippen LogP contribution in [-0.4, -0.2) is 52.7 Å². The first-order chi connectivity index (χ1) is 11.1. The first-order valence-electron chi connectivity index (χ1n) is 7.80. The van der Waals surface area contributed by atoms with E-state index in [-0.39, 0.29) is 25.5 Å². The molecule has 0 unspecified atom stereocenters. The second-order valence-corrected chi connectivity index (χ2v) is 5.72. The van der Waals surface area contributed by atoms with Gasteiger partial charge in [0.2, 0.25) is 5.91 Å². The molecule has 122 valence electrons. The van der Waals surface area contributed by atoms with Gasteiger partial charge >= 0.3 is 5.97 Å². The van der Waals surface area contributed by atoms with E-state index in [1.807, 2.05) is 18.3 Å². The van der Waals surface area contributed by atoms with Crippen LogP contribution in [0, 0.1) is 0 Å². The molecule has 0 saturated carbocycles. The number of H-pyrrole nitrogens is 1. The van der Waals surface area contributed by atoms with E-state index < -0.39 is 12.1 Å². The maximum Gasteiger partial charge on any atom is 0.334 e. The molecule has 1 fully saturated rings. The Balaban J connectivity index is 1.77. The van der Waals surface area contributed by atoms with E-state index in [2.05, 4.69) is 18.0 Å². The zero-order chi connectivity index (χ0) is 16.4. The van der Waals surface area contributed by atoms with Crippen molar-refractivity contribution < 1.29 is 19.4 Å². The van der Waals surface area contributed by atoms with Crippen molar-refractivity contribution in [2.75, 3.05) is 19.7 Å². The standard InChI is InChI=1S/C17H20N2O4/c1-2-11-4-3-5-13-12(9-18-16(11)13)8-15(20)19-6-7-23-14(10-19)17(21)22/h3-5,9,14,18H,2,6-8,10H2,1H3,(H,21,22)/t14-/m0/s1. The summed E-state index contributed by atoms with van der Waals surface area (Å²) in [6, 6.07) is 6.08. The molecule has 0 radical (unpaired) electrons. The number of fused-ring (bicyclic) bond motifs is 1. The number of aromatic nitrogens is 1. The lowest BCUT2D eigenvalue weighted by Gasteiger charge is -2.30. The Morgan fingerprint density at radius 2 is 2.22 bits per heavy atom. The van der Waals surface area contributed by atoms with Gasteiger partial charge in [-0.3, -0.25) is 4.79 Å². The molecule has 6 nitrogen and oxygen atoms in total. The van der Waals surface area contributed by atoms with Gasteiger partial charge in [0.1, 0.15) is 0 Å². The molecule has 6 heteroatoms. The number of nitrogens with one attached hydrogen (secondary N) is 1. The number of morpholine rings is 1. The number of rotatable bonds is 4. The number of carbonyl (C=O) groups is 2. The quantitative estimate of drug-likeness (QED) is 0.897. The van der Waals surface area contributed by atoms with Gasteiger partial charge in [0, 0.05) is 23.6 Å². The summed E-state index contributed by atoms with van der Waals surface area (Å²) in [6.45, 7) is 2.90. The number of aromatic amines is 1. The van der Waals surface area contributed by atoms with E-state index in [1.54, 1.807) is 4.90 Å². The third-order valence-corrected chi connectivity index (χ3v) is 4.30. The minimum Gasteiger partial charge on any atom is -0.479 e. The molecule has 1 aliphatic rings. The molecule has 0 spiro atoms. The zero-order valence-corrected chi connectivity index (χ0v) is 13.0. The summed E-state index contributed by atoms with van der Waals surface area (Å²) >= 11 is 0. The molecule has 1 aliphatic heterocycles. The van der Waals surface area contributed by atoms with Crippen LogP contribution in [0.4, 0.5) is 0 Å². The number of ether oxygens (including phenoxy) is 1. The van der Waals surface area contributed by atoms with Gasteiger partial charge in [-0.2, -0.15) is 0 Å². The van der Waals surface area contributed by atoms with E-state index in [0.29, 0.717) is 6.54 Å². The second-order valence-electron chi connectivity index (χ2n) is 5.72. The number of carboxylic acid groups (broad SMARTS) is 1. The SMILES string of the molecule is CCc1cccc2c(CC(=O)N3CCO[C@H](C(=O)O)C3)c[nH]c12. The summed E-state index contributed by atoms with van der Waals surface area (Å²) < 4.78 is 5.16. The smallest absolute Gasteiger partial charge is 0.334 e. The fourth-order valence-electron chi connectivity index (χ4n) is 3.02. The van der Waals surface area contributed by atoms with Crippen LogP contribution in [0.5, 0.6) is 0 Å². The lowest BCUT2D eigenvalue weighted by atomic mass is 10.0. The van der Waals surface area contributed by atoms with E-state index in [9.17, 15) is 9.59 Å². The third kappa shape index (κ3) is 3.07. The highest BCUT2D eigenvalue weighted by Crippen LogP contribution is 2.23. The van der Waals surface area contributed by atoms with Gasteiger partial charge < -0.3 is 19.7 Å². The van der Waals surface area contributed by atoms with Crippen LogP contribution in [0.1, 0.15) is 18.1 Å².